The molecule has 0 aliphatic carbocycles. The minimum absolute atomic E-state index is 0.0371. The van der Waals surface area contributed by atoms with Crippen molar-refractivity contribution >= 4 is 43.2 Å². The summed E-state index contributed by atoms with van der Waals surface area (Å²) in [5.41, 5.74) is 6.37. The number of hydrogen-bond donors (Lipinski definition) is 2. The Hall–Kier alpha value is -1.15. The molecule has 0 atom stereocenters. The Balaban J connectivity index is 2.36. The van der Waals surface area contributed by atoms with E-state index in [0.29, 0.717) is 11.0 Å². The van der Waals surface area contributed by atoms with Crippen molar-refractivity contribution in [3.63, 3.8) is 0 Å². The molecule has 2 aromatic carbocycles. The number of benzene rings is 2. The van der Waals surface area contributed by atoms with Crippen LogP contribution in [0.15, 0.2) is 45.8 Å². The van der Waals surface area contributed by atoms with Crippen molar-refractivity contribution in [1.29, 1.82) is 0 Å². The second kappa shape index (κ2) is 6.31. The van der Waals surface area contributed by atoms with Crippen molar-refractivity contribution in [2.45, 2.75) is 11.4 Å². The van der Waals surface area contributed by atoms with Crippen molar-refractivity contribution in [3.8, 4) is 0 Å². The Bertz CT molecular complexity index is 784. The predicted octanol–water partition coefficient (Wildman–Crippen LogP) is 3.50. The van der Waals surface area contributed by atoms with Gasteiger partial charge in [-0.05, 0) is 51.8 Å². The average molecular weight is 394 g/mol. The van der Waals surface area contributed by atoms with Gasteiger partial charge in [-0.2, -0.15) is 0 Å². The summed E-state index contributed by atoms with van der Waals surface area (Å²) in [6.07, 6.45) is 0. The molecule has 0 aliphatic rings. The third-order valence-corrected chi connectivity index (χ3v) is 5.36. The molecule has 0 heterocycles. The number of nitrogens with one attached hydrogen (secondary N) is 1. The van der Waals surface area contributed by atoms with E-state index < -0.39 is 15.8 Å². The Kier molecular flexibility index (Phi) is 4.88. The maximum atomic E-state index is 13.3. The fourth-order valence-corrected chi connectivity index (χ4v) is 3.95. The first-order chi connectivity index (χ1) is 9.83. The van der Waals surface area contributed by atoms with Gasteiger partial charge in [-0.1, -0.05) is 17.7 Å². The van der Waals surface area contributed by atoms with Crippen molar-refractivity contribution in [2.75, 3.05) is 4.72 Å². The van der Waals surface area contributed by atoms with Crippen LogP contribution in [0.2, 0.25) is 5.02 Å². The summed E-state index contributed by atoms with van der Waals surface area (Å²) in [6.45, 7) is 0.300. The summed E-state index contributed by atoms with van der Waals surface area (Å²) in [5, 5.41) is -0.0774. The summed E-state index contributed by atoms with van der Waals surface area (Å²) in [5.74, 6) is -0.700. The van der Waals surface area contributed by atoms with Gasteiger partial charge in [0.1, 0.15) is 10.7 Å². The molecular formula is C13H11BrClFN2O2S. The molecule has 0 saturated heterocycles. The van der Waals surface area contributed by atoms with Gasteiger partial charge < -0.3 is 5.73 Å². The third kappa shape index (κ3) is 3.74. The minimum Gasteiger partial charge on any atom is -0.326 e. The second-order valence-corrected chi connectivity index (χ2v) is 7.12. The molecule has 0 aliphatic heterocycles. The first-order valence-corrected chi connectivity index (χ1v) is 8.45. The highest BCUT2D eigenvalue weighted by Crippen LogP contribution is 2.26. The van der Waals surface area contributed by atoms with E-state index in [0.717, 1.165) is 11.6 Å². The Labute approximate surface area is 135 Å². The molecule has 0 aromatic heterocycles. The van der Waals surface area contributed by atoms with Gasteiger partial charge in [0.05, 0.1) is 10.7 Å². The van der Waals surface area contributed by atoms with Crippen molar-refractivity contribution in [3.05, 3.63) is 57.3 Å². The van der Waals surface area contributed by atoms with E-state index in [1.54, 1.807) is 12.1 Å². The van der Waals surface area contributed by atoms with Crippen molar-refractivity contribution in [1.82, 2.24) is 0 Å². The molecule has 0 amide bonds. The number of rotatable bonds is 4. The molecule has 0 fully saturated rings. The van der Waals surface area contributed by atoms with Gasteiger partial charge in [-0.3, -0.25) is 4.72 Å². The van der Waals surface area contributed by atoms with Crippen LogP contribution in [0, 0.1) is 5.82 Å². The standard InChI is InChI=1S/C13H11BrClFN2O2S/c14-10-5-8(7-17)1-4-13(10)21(19,20)18-9-2-3-11(15)12(16)6-9/h1-6,18H,7,17H2. The number of hydrogen-bond acceptors (Lipinski definition) is 3. The van der Waals surface area contributed by atoms with Crippen molar-refractivity contribution in [2.24, 2.45) is 5.73 Å². The Morgan fingerprint density at radius 2 is 1.95 bits per heavy atom. The van der Waals surface area contributed by atoms with Crippen LogP contribution in [0.1, 0.15) is 5.56 Å². The number of anilines is 1. The lowest BCUT2D eigenvalue weighted by atomic mass is 10.2. The van der Waals surface area contributed by atoms with Crippen LogP contribution in [-0.2, 0) is 16.6 Å². The fraction of sp³-hybridized carbons (Fsp3) is 0.0769. The average Bonchev–Trinajstić information content (AvgIpc) is 2.42. The molecule has 21 heavy (non-hydrogen) atoms. The molecule has 0 saturated carbocycles. The Morgan fingerprint density at radius 1 is 1.24 bits per heavy atom. The van der Waals surface area contributed by atoms with Crippen molar-refractivity contribution < 1.29 is 12.8 Å². The van der Waals surface area contributed by atoms with Gasteiger partial charge in [0.25, 0.3) is 10.0 Å². The first kappa shape index (κ1) is 16.2. The fourth-order valence-electron chi connectivity index (χ4n) is 1.66. The summed E-state index contributed by atoms with van der Waals surface area (Å²) >= 11 is 8.75. The zero-order valence-corrected chi connectivity index (χ0v) is 13.8. The number of nitrogens with two attached hydrogens (primary N) is 1. The minimum atomic E-state index is -3.85. The second-order valence-electron chi connectivity index (χ2n) is 4.20. The van der Waals surface area contributed by atoms with Crippen LogP contribution in [0.3, 0.4) is 0 Å². The molecule has 112 valence electrons. The summed E-state index contributed by atoms with van der Waals surface area (Å²) in [4.78, 5) is 0.0371. The molecule has 0 unspecified atom stereocenters. The molecule has 0 radical (unpaired) electrons. The van der Waals surface area contributed by atoms with Gasteiger partial charge in [-0.25, -0.2) is 12.8 Å². The quantitative estimate of drug-likeness (QED) is 0.835. The van der Waals surface area contributed by atoms with E-state index in [4.69, 9.17) is 17.3 Å². The van der Waals surface area contributed by atoms with E-state index in [-0.39, 0.29) is 15.6 Å². The molecule has 0 bridgehead atoms. The lowest BCUT2D eigenvalue weighted by Crippen LogP contribution is -2.14. The lowest BCUT2D eigenvalue weighted by Gasteiger charge is -2.11. The monoisotopic (exact) mass is 392 g/mol. The largest absolute Gasteiger partial charge is 0.326 e. The molecule has 3 N–H and O–H groups in total. The van der Waals surface area contributed by atoms with Gasteiger partial charge in [0.15, 0.2) is 0 Å². The van der Waals surface area contributed by atoms with Crippen LogP contribution in [0.25, 0.3) is 0 Å². The molecule has 0 spiro atoms. The van der Waals surface area contributed by atoms with Gasteiger partial charge in [0.2, 0.25) is 0 Å². The first-order valence-electron chi connectivity index (χ1n) is 5.80. The summed E-state index contributed by atoms with van der Waals surface area (Å²) in [7, 11) is -3.85. The molecule has 4 nitrogen and oxygen atoms in total. The SMILES string of the molecule is NCc1ccc(S(=O)(=O)Nc2ccc(Cl)c(F)c2)c(Br)c1. The van der Waals surface area contributed by atoms with E-state index in [2.05, 4.69) is 20.7 Å². The molecule has 8 heteroatoms. The zero-order valence-electron chi connectivity index (χ0n) is 10.6. The highest BCUT2D eigenvalue weighted by atomic mass is 79.9. The summed E-state index contributed by atoms with van der Waals surface area (Å²) < 4.78 is 40.6. The number of halogens is 3. The van der Waals surface area contributed by atoms with E-state index in [1.807, 2.05) is 0 Å². The van der Waals surface area contributed by atoms with Crippen LogP contribution >= 0.6 is 27.5 Å². The Morgan fingerprint density at radius 3 is 2.52 bits per heavy atom. The molecule has 2 rings (SSSR count). The predicted molar refractivity (Wildman–Crippen MR) is 84.3 cm³/mol. The smallest absolute Gasteiger partial charge is 0.263 e. The molecular weight excluding hydrogens is 383 g/mol. The van der Waals surface area contributed by atoms with Gasteiger partial charge in [0, 0.05) is 11.0 Å². The zero-order chi connectivity index (χ0) is 15.6. The van der Waals surface area contributed by atoms with Crippen LogP contribution in [-0.4, -0.2) is 8.42 Å². The van der Waals surface area contributed by atoms with Gasteiger partial charge in [-0.15, -0.1) is 0 Å². The highest BCUT2D eigenvalue weighted by molar-refractivity contribution is 9.10. The topological polar surface area (TPSA) is 72.2 Å². The lowest BCUT2D eigenvalue weighted by molar-refractivity contribution is 0.600. The maximum Gasteiger partial charge on any atom is 0.263 e. The van der Waals surface area contributed by atoms with E-state index in [1.165, 1.54) is 18.2 Å². The van der Waals surface area contributed by atoms with Crippen LogP contribution in [0.5, 0.6) is 0 Å². The summed E-state index contributed by atoms with van der Waals surface area (Å²) in [6, 6.07) is 8.34. The van der Waals surface area contributed by atoms with Crippen LogP contribution < -0.4 is 10.5 Å². The van der Waals surface area contributed by atoms with Gasteiger partial charge >= 0.3 is 0 Å². The molecule has 2 aromatic rings. The van der Waals surface area contributed by atoms with Crippen LogP contribution in [0.4, 0.5) is 10.1 Å². The normalized spacial score (nSPS) is 11.4. The van der Waals surface area contributed by atoms with E-state index >= 15 is 0 Å². The third-order valence-electron chi connectivity index (χ3n) is 2.69. The highest BCUT2D eigenvalue weighted by Gasteiger charge is 2.18. The maximum absolute atomic E-state index is 13.3. The number of sulfonamides is 1. The van der Waals surface area contributed by atoms with E-state index in [9.17, 15) is 12.8 Å².